The number of nitrogens with zero attached hydrogens (tertiary/aromatic N) is 4. The van der Waals surface area contributed by atoms with Crippen molar-refractivity contribution in [2.75, 3.05) is 26.3 Å². The molecule has 0 unspecified atom stereocenters. The Balaban J connectivity index is 1.77. The van der Waals surface area contributed by atoms with Gasteiger partial charge in [-0.1, -0.05) is 30.3 Å². The summed E-state index contributed by atoms with van der Waals surface area (Å²) >= 11 is 0. The van der Waals surface area contributed by atoms with E-state index in [0.29, 0.717) is 26.3 Å². The van der Waals surface area contributed by atoms with E-state index in [1.165, 1.54) is 0 Å². The number of amides is 1. The maximum Gasteiger partial charge on any atom is 0.228 e. The molecule has 1 fully saturated rings. The topological polar surface area (TPSA) is 59.7 Å². The number of ether oxygens (including phenoxy) is 1. The number of carbonyl (C=O) groups is 1. The maximum absolute atomic E-state index is 12.8. The van der Waals surface area contributed by atoms with E-state index in [4.69, 9.17) is 9.72 Å². The highest BCUT2D eigenvalue weighted by molar-refractivity contribution is 5.81. The monoisotopic (exact) mass is 336 g/mol. The van der Waals surface area contributed by atoms with Crippen LogP contribution in [0, 0.1) is 6.92 Å². The van der Waals surface area contributed by atoms with E-state index in [1.54, 1.807) is 4.52 Å². The second-order valence-electron chi connectivity index (χ2n) is 6.19. The number of aromatic nitrogens is 3. The predicted molar refractivity (Wildman–Crippen MR) is 94.3 cm³/mol. The summed E-state index contributed by atoms with van der Waals surface area (Å²) in [7, 11) is 0. The number of rotatable bonds is 3. The van der Waals surface area contributed by atoms with Crippen LogP contribution in [0.5, 0.6) is 0 Å². The number of morpholine rings is 1. The summed E-state index contributed by atoms with van der Waals surface area (Å²) in [5, 5.41) is 4.58. The first-order valence-electron chi connectivity index (χ1n) is 8.48. The molecule has 6 nitrogen and oxygen atoms in total. The average molecular weight is 336 g/mol. The lowest BCUT2D eigenvalue weighted by molar-refractivity contribution is -0.134. The number of imidazole rings is 1. The molecule has 0 radical (unpaired) electrons. The molecule has 0 N–H and O–H groups in total. The second-order valence-corrected chi connectivity index (χ2v) is 6.19. The summed E-state index contributed by atoms with van der Waals surface area (Å²) in [4.78, 5) is 19.4. The van der Waals surface area contributed by atoms with Crippen molar-refractivity contribution < 1.29 is 9.53 Å². The molecule has 1 amide bonds. The minimum atomic E-state index is 0.0885. The zero-order valence-electron chi connectivity index (χ0n) is 14.2. The van der Waals surface area contributed by atoms with Gasteiger partial charge in [0, 0.05) is 18.7 Å². The van der Waals surface area contributed by atoms with Gasteiger partial charge in [0.25, 0.3) is 0 Å². The fraction of sp³-hybridized carbons (Fsp3) is 0.316. The van der Waals surface area contributed by atoms with Gasteiger partial charge in [-0.3, -0.25) is 4.79 Å². The van der Waals surface area contributed by atoms with Crippen LogP contribution in [0.25, 0.3) is 16.9 Å². The van der Waals surface area contributed by atoms with Crippen molar-refractivity contribution in [3.8, 4) is 11.3 Å². The van der Waals surface area contributed by atoms with Crippen molar-refractivity contribution in [3.05, 3.63) is 53.9 Å². The maximum atomic E-state index is 12.8. The van der Waals surface area contributed by atoms with Crippen LogP contribution < -0.4 is 0 Å². The molecule has 0 saturated carbocycles. The van der Waals surface area contributed by atoms with Crippen molar-refractivity contribution in [2.45, 2.75) is 13.3 Å². The molecule has 0 aliphatic carbocycles. The van der Waals surface area contributed by atoms with Crippen LogP contribution in [-0.4, -0.2) is 51.7 Å². The number of hydrogen-bond donors (Lipinski definition) is 0. The molecule has 2 aromatic heterocycles. The van der Waals surface area contributed by atoms with Crippen molar-refractivity contribution in [3.63, 3.8) is 0 Å². The summed E-state index contributed by atoms with van der Waals surface area (Å²) in [6.07, 6.45) is 0.280. The smallest absolute Gasteiger partial charge is 0.228 e. The molecular formula is C19H20N4O2. The molecule has 25 heavy (non-hydrogen) atoms. The normalized spacial score (nSPS) is 14.8. The molecule has 6 heteroatoms. The van der Waals surface area contributed by atoms with E-state index in [0.717, 1.165) is 28.3 Å². The lowest BCUT2D eigenvalue weighted by Gasteiger charge is -2.26. The van der Waals surface area contributed by atoms with Crippen LogP contribution in [0.2, 0.25) is 0 Å². The molecule has 1 aromatic carbocycles. The molecule has 1 aliphatic heterocycles. The molecule has 0 spiro atoms. The van der Waals surface area contributed by atoms with E-state index in [9.17, 15) is 4.79 Å². The van der Waals surface area contributed by atoms with Gasteiger partial charge in [0.1, 0.15) is 0 Å². The Bertz CT molecular complexity index is 898. The highest BCUT2D eigenvalue weighted by atomic mass is 16.5. The Morgan fingerprint density at radius 2 is 1.88 bits per heavy atom. The molecule has 3 aromatic rings. The molecule has 0 atom stereocenters. The van der Waals surface area contributed by atoms with Crippen LogP contribution in [0.3, 0.4) is 0 Å². The number of carbonyl (C=O) groups excluding carboxylic acids is 1. The van der Waals surface area contributed by atoms with Crippen molar-refractivity contribution in [1.82, 2.24) is 19.5 Å². The standard InChI is InChI=1S/C19H20N4O2/c1-14-7-8-17-20-19(15-5-3-2-4-6-15)16(23(17)21-14)13-18(24)22-9-11-25-12-10-22/h2-8H,9-13H2,1H3. The van der Waals surface area contributed by atoms with Gasteiger partial charge in [-0.2, -0.15) is 5.10 Å². The van der Waals surface area contributed by atoms with E-state index >= 15 is 0 Å². The lowest BCUT2D eigenvalue weighted by atomic mass is 10.1. The molecule has 0 bridgehead atoms. The fourth-order valence-electron chi connectivity index (χ4n) is 3.12. The van der Waals surface area contributed by atoms with Gasteiger partial charge < -0.3 is 9.64 Å². The molecule has 3 heterocycles. The predicted octanol–water partition coefficient (Wildman–Crippen LogP) is 2.11. The molecular weight excluding hydrogens is 316 g/mol. The number of hydrogen-bond acceptors (Lipinski definition) is 4. The first-order chi connectivity index (χ1) is 12.2. The van der Waals surface area contributed by atoms with Gasteiger partial charge in [-0.25, -0.2) is 9.50 Å². The van der Waals surface area contributed by atoms with E-state index in [1.807, 2.05) is 54.3 Å². The third-order valence-corrected chi connectivity index (χ3v) is 4.43. The first-order valence-corrected chi connectivity index (χ1v) is 8.48. The van der Waals surface area contributed by atoms with Crippen molar-refractivity contribution in [1.29, 1.82) is 0 Å². The first kappa shape index (κ1) is 15.8. The minimum absolute atomic E-state index is 0.0885. The number of aryl methyl sites for hydroxylation is 1. The zero-order chi connectivity index (χ0) is 17.2. The minimum Gasteiger partial charge on any atom is -0.378 e. The summed E-state index contributed by atoms with van der Waals surface area (Å²) in [6.45, 7) is 4.42. The Morgan fingerprint density at radius 1 is 1.12 bits per heavy atom. The third-order valence-electron chi connectivity index (χ3n) is 4.43. The van der Waals surface area contributed by atoms with E-state index in [-0.39, 0.29) is 12.3 Å². The van der Waals surface area contributed by atoms with Crippen molar-refractivity contribution in [2.24, 2.45) is 0 Å². The molecule has 1 aliphatic rings. The van der Waals surface area contributed by atoms with Gasteiger partial charge in [-0.15, -0.1) is 0 Å². The Kier molecular flexibility index (Phi) is 4.19. The van der Waals surface area contributed by atoms with Crippen LogP contribution >= 0.6 is 0 Å². The number of fused-ring (bicyclic) bond motifs is 1. The van der Waals surface area contributed by atoms with Crippen LogP contribution in [0.1, 0.15) is 11.4 Å². The Labute approximate surface area is 146 Å². The van der Waals surface area contributed by atoms with E-state index < -0.39 is 0 Å². The molecule has 4 rings (SSSR count). The van der Waals surface area contributed by atoms with Gasteiger partial charge in [0.15, 0.2) is 5.65 Å². The summed E-state index contributed by atoms with van der Waals surface area (Å²) < 4.78 is 7.14. The molecule has 1 saturated heterocycles. The quantitative estimate of drug-likeness (QED) is 0.735. The summed E-state index contributed by atoms with van der Waals surface area (Å²) in [5.41, 5.74) is 4.30. The highest BCUT2D eigenvalue weighted by Gasteiger charge is 2.22. The number of benzene rings is 1. The highest BCUT2D eigenvalue weighted by Crippen LogP contribution is 2.25. The fourth-order valence-corrected chi connectivity index (χ4v) is 3.12. The lowest BCUT2D eigenvalue weighted by Crippen LogP contribution is -2.41. The SMILES string of the molecule is Cc1ccc2nc(-c3ccccc3)c(CC(=O)N3CCOCC3)n2n1. The van der Waals surface area contributed by atoms with Crippen LogP contribution in [-0.2, 0) is 16.0 Å². The van der Waals surface area contributed by atoms with Crippen LogP contribution in [0.15, 0.2) is 42.5 Å². The van der Waals surface area contributed by atoms with Gasteiger partial charge in [-0.05, 0) is 19.1 Å². The zero-order valence-corrected chi connectivity index (χ0v) is 14.2. The van der Waals surface area contributed by atoms with Crippen molar-refractivity contribution >= 4 is 11.6 Å². The van der Waals surface area contributed by atoms with Gasteiger partial charge >= 0.3 is 0 Å². The van der Waals surface area contributed by atoms with Gasteiger partial charge in [0.2, 0.25) is 5.91 Å². The largest absolute Gasteiger partial charge is 0.378 e. The van der Waals surface area contributed by atoms with E-state index in [2.05, 4.69) is 5.10 Å². The summed E-state index contributed by atoms with van der Waals surface area (Å²) in [6, 6.07) is 13.8. The Hall–Kier alpha value is -2.73. The van der Waals surface area contributed by atoms with Gasteiger partial charge in [0.05, 0.1) is 36.7 Å². The molecule has 128 valence electrons. The second kappa shape index (κ2) is 6.64. The van der Waals surface area contributed by atoms with Crippen LogP contribution in [0.4, 0.5) is 0 Å². The summed E-state index contributed by atoms with van der Waals surface area (Å²) in [5.74, 6) is 0.0885. The third kappa shape index (κ3) is 3.13. The Morgan fingerprint density at radius 3 is 2.64 bits per heavy atom. The average Bonchev–Trinajstić information content (AvgIpc) is 3.01.